The minimum atomic E-state index is -0.714. The summed E-state index contributed by atoms with van der Waals surface area (Å²) >= 11 is 0. The van der Waals surface area contributed by atoms with E-state index in [4.69, 9.17) is 10.00 Å². The molecule has 0 fully saturated rings. The molecule has 0 aliphatic carbocycles. The van der Waals surface area contributed by atoms with Crippen molar-refractivity contribution in [1.82, 2.24) is 0 Å². The van der Waals surface area contributed by atoms with Crippen LogP contribution in [0.15, 0.2) is 36.4 Å². The lowest BCUT2D eigenvalue weighted by Gasteiger charge is -2.11. The molecule has 0 saturated heterocycles. The Kier molecular flexibility index (Phi) is 4.56. The Balaban J connectivity index is 2.12. The molecule has 2 aromatic rings. The third kappa shape index (κ3) is 3.59. The first-order chi connectivity index (χ1) is 10.0. The molecule has 0 amide bonds. The molecule has 0 aliphatic heterocycles. The van der Waals surface area contributed by atoms with E-state index < -0.39 is 11.9 Å². The predicted octanol–water partition coefficient (Wildman–Crippen LogP) is 3.64. The van der Waals surface area contributed by atoms with E-state index in [1.54, 1.807) is 31.2 Å². The highest BCUT2D eigenvalue weighted by atomic mass is 19.1. The highest BCUT2D eigenvalue weighted by Crippen LogP contribution is 2.23. The first kappa shape index (κ1) is 15.0. The largest absolute Gasteiger partial charge is 0.486 e. The maximum Gasteiger partial charge on any atom is 0.165 e. The van der Waals surface area contributed by atoms with Crippen LogP contribution in [0.1, 0.15) is 35.3 Å². The third-order valence-corrected chi connectivity index (χ3v) is 3.29. The summed E-state index contributed by atoms with van der Waals surface area (Å²) in [6.45, 7) is 3.68. The van der Waals surface area contributed by atoms with Gasteiger partial charge in [-0.2, -0.15) is 5.26 Å². The lowest BCUT2D eigenvalue weighted by atomic mass is 10.1. The van der Waals surface area contributed by atoms with Gasteiger partial charge in [0.2, 0.25) is 0 Å². The number of aliphatic hydroxyl groups is 1. The summed E-state index contributed by atoms with van der Waals surface area (Å²) in [6, 6.07) is 11.8. The molecule has 108 valence electrons. The summed E-state index contributed by atoms with van der Waals surface area (Å²) in [7, 11) is 0. The molecule has 4 heteroatoms. The van der Waals surface area contributed by atoms with Crippen LogP contribution in [0.25, 0.3) is 0 Å². The quantitative estimate of drug-likeness (QED) is 0.933. The number of ether oxygens (including phenoxy) is 1. The molecule has 3 nitrogen and oxygen atoms in total. The van der Waals surface area contributed by atoms with Crippen LogP contribution in [-0.2, 0) is 6.61 Å². The molecule has 0 saturated carbocycles. The number of aryl methyl sites for hydroxylation is 1. The predicted molar refractivity (Wildman–Crippen MR) is 77.3 cm³/mol. The van der Waals surface area contributed by atoms with Crippen LogP contribution in [-0.4, -0.2) is 5.11 Å². The topological polar surface area (TPSA) is 53.2 Å². The Morgan fingerprint density at radius 2 is 2.05 bits per heavy atom. The molecule has 0 radical (unpaired) electrons. The Morgan fingerprint density at radius 3 is 2.62 bits per heavy atom. The first-order valence-electron chi connectivity index (χ1n) is 6.61. The van der Waals surface area contributed by atoms with Crippen LogP contribution in [0.2, 0.25) is 0 Å². The van der Waals surface area contributed by atoms with Gasteiger partial charge in [-0.25, -0.2) is 4.39 Å². The average molecular weight is 285 g/mol. The summed E-state index contributed by atoms with van der Waals surface area (Å²) in [5.41, 5.74) is 2.92. The second kappa shape index (κ2) is 6.38. The van der Waals surface area contributed by atoms with Crippen LogP contribution in [0.3, 0.4) is 0 Å². The molecule has 21 heavy (non-hydrogen) atoms. The second-order valence-electron chi connectivity index (χ2n) is 4.91. The fourth-order valence-corrected chi connectivity index (χ4v) is 1.98. The molecule has 1 N–H and O–H groups in total. The standard InChI is InChI=1S/C17H16FNO2/c1-11-7-13(9-19)3-4-15(11)10-21-17-6-5-14(12(2)20)8-16(17)18/h3-8,12,20H,10H2,1-2H3/t12-/m0/s1. The molecule has 0 spiro atoms. The van der Waals surface area contributed by atoms with Crippen LogP contribution in [0.5, 0.6) is 5.75 Å². The molecule has 2 aromatic carbocycles. The van der Waals surface area contributed by atoms with Gasteiger partial charge >= 0.3 is 0 Å². The summed E-state index contributed by atoms with van der Waals surface area (Å²) in [5, 5.41) is 18.2. The number of nitriles is 1. The van der Waals surface area contributed by atoms with Gasteiger partial charge in [0.15, 0.2) is 11.6 Å². The molecule has 1 atom stereocenters. The zero-order valence-corrected chi connectivity index (χ0v) is 11.9. The Morgan fingerprint density at radius 1 is 1.29 bits per heavy atom. The highest BCUT2D eigenvalue weighted by molar-refractivity contribution is 5.37. The van der Waals surface area contributed by atoms with Crippen molar-refractivity contribution in [3.63, 3.8) is 0 Å². The molecular weight excluding hydrogens is 269 g/mol. The highest BCUT2D eigenvalue weighted by Gasteiger charge is 2.09. The van der Waals surface area contributed by atoms with Crippen molar-refractivity contribution >= 4 is 0 Å². The lowest BCUT2D eigenvalue weighted by Crippen LogP contribution is -2.01. The van der Waals surface area contributed by atoms with Gasteiger partial charge in [-0.15, -0.1) is 0 Å². The minimum absolute atomic E-state index is 0.142. The summed E-state index contributed by atoms with van der Waals surface area (Å²) in [5.74, 6) is -0.358. The molecule has 2 rings (SSSR count). The van der Waals surface area contributed by atoms with Crippen molar-refractivity contribution in [2.75, 3.05) is 0 Å². The van der Waals surface area contributed by atoms with E-state index in [1.165, 1.54) is 12.1 Å². The van der Waals surface area contributed by atoms with Gasteiger partial charge < -0.3 is 9.84 Å². The maximum atomic E-state index is 13.9. The monoisotopic (exact) mass is 285 g/mol. The van der Waals surface area contributed by atoms with Gasteiger partial charge in [-0.3, -0.25) is 0 Å². The van der Waals surface area contributed by atoms with Crippen molar-refractivity contribution in [2.24, 2.45) is 0 Å². The SMILES string of the molecule is Cc1cc(C#N)ccc1COc1ccc([C@H](C)O)cc1F. The van der Waals surface area contributed by atoms with Crippen LogP contribution in [0.4, 0.5) is 4.39 Å². The maximum absolute atomic E-state index is 13.9. The van der Waals surface area contributed by atoms with Gasteiger partial charge in [0, 0.05) is 0 Å². The second-order valence-corrected chi connectivity index (χ2v) is 4.91. The van der Waals surface area contributed by atoms with E-state index in [9.17, 15) is 9.50 Å². The number of nitrogens with zero attached hydrogens (tertiary/aromatic N) is 1. The van der Waals surface area contributed by atoms with E-state index in [2.05, 4.69) is 6.07 Å². The van der Waals surface area contributed by atoms with Crippen LogP contribution in [0, 0.1) is 24.1 Å². The van der Waals surface area contributed by atoms with Gasteiger partial charge in [0.25, 0.3) is 0 Å². The number of halogens is 1. The zero-order chi connectivity index (χ0) is 15.4. The molecule has 0 heterocycles. The smallest absolute Gasteiger partial charge is 0.165 e. The Labute approximate surface area is 123 Å². The minimum Gasteiger partial charge on any atom is -0.486 e. The summed E-state index contributed by atoms with van der Waals surface area (Å²) in [4.78, 5) is 0. The molecular formula is C17H16FNO2. The van der Waals surface area contributed by atoms with Crippen LogP contribution < -0.4 is 4.74 Å². The average Bonchev–Trinajstić information content (AvgIpc) is 2.46. The van der Waals surface area contributed by atoms with Gasteiger partial charge in [0.05, 0.1) is 17.7 Å². The van der Waals surface area contributed by atoms with E-state index in [0.717, 1.165) is 11.1 Å². The van der Waals surface area contributed by atoms with E-state index >= 15 is 0 Å². The molecule has 0 aliphatic rings. The van der Waals surface area contributed by atoms with Crippen molar-refractivity contribution in [2.45, 2.75) is 26.6 Å². The van der Waals surface area contributed by atoms with Gasteiger partial charge in [-0.05, 0) is 54.8 Å². The molecule has 0 aromatic heterocycles. The fraction of sp³-hybridized carbons (Fsp3) is 0.235. The fourth-order valence-electron chi connectivity index (χ4n) is 1.98. The molecule has 0 bridgehead atoms. The Bertz CT molecular complexity index is 690. The number of rotatable bonds is 4. The third-order valence-electron chi connectivity index (χ3n) is 3.29. The summed E-state index contributed by atoms with van der Waals surface area (Å²) < 4.78 is 19.3. The van der Waals surface area contributed by atoms with Crippen molar-refractivity contribution in [1.29, 1.82) is 5.26 Å². The van der Waals surface area contributed by atoms with Crippen molar-refractivity contribution in [3.8, 4) is 11.8 Å². The Hall–Kier alpha value is -2.38. The number of aliphatic hydroxyl groups excluding tert-OH is 1. The zero-order valence-electron chi connectivity index (χ0n) is 11.9. The summed E-state index contributed by atoms with van der Waals surface area (Å²) in [6.07, 6.45) is -0.714. The number of hydrogen-bond donors (Lipinski definition) is 1. The van der Waals surface area contributed by atoms with Crippen molar-refractivity contribution in [3.05, 3.63) is 64.5 Å². The van der Waals surface area contributed by atoms with Gasteiger partial charge in [0.1, 0.15) is 6.61 Å². The van der Waals surface area contributed by atoms with Crippen LogP contribution >= 0.6 is 0 Å². The van der Waals surface area contributed by atoms with Crippen molar-refractivity contribution < 1.29 is 14.2 Å². The number of hydrogen-bond acceptors (Lipinski definition) is 3. The van der Waals surface area contributed by atoms with E-state index in [0.29, 0.717) is 11.1 Å². The number of benzene rings is 2. The van der Waals surface area contributed by atoms with Gasteiger partial charge in [-0.1, -0.05) is 12.1 Å². The van der Waals surface area contributed by atoms with E-state index in [1.807, 2.05) is 6.92 Å². The lowest BCUT2D eigenvalue weighted by molar-refractivity contribution is 0.198. The normalized spacial score (nSPS) is 11.8. The van der Waals surface area contributed by atoms with E-state index in [-0.39, 0.29) is 12.4 Å². The first-order valence-corrected chi connectivity index (χ1v) is 6.61. The molecule has 0 unspecified atom stereocenters.